The lowest BCUT2D eigenvalue weighted by Gasteiger charge is -2.57. The van der Waals surface area contributed by atoms with E-state index in [9.17, 15) is 15.2 Å². The summed E-state index contributed by atoms with van der Waals surface area (Å²) in [6, 6.07) is 15.1. The lowest BCUT2D eigenvalue weighted by atomic mass is 9.62. The van der Waals surface area contributed by atoms with Crippen LogP contribution in [0, 0.1) is 16.7 Å². The summed E-state index contributed by atoms with van der Waals surface area (Å²) in [4.78, 5) is 32.5. The average molecular weight is 698 g/mol. The molecule has 4 heterocycles. The smallest absolute Gasteiger partial charge is 0.237 e. The summed E-state index contributed by atoms with van der Waals surface area (Å²) in [7, 11) is 1.59. The molecule has 0 atom stereocenters. The molecule has 1 N–H and O–H groups in total. The zero-order valence-corrected chi connectivity index (χ0v) is 29.2. The minimum absolute atomic E-state index is 0.0299. The van der Waals surface area contributed by atoms with Gasteiger partial charge in [0.25, 0.3) is 0 Å². The Hall–Kier alpha value is -3.91. The molecule has 2 aliphatic heterocycles. The Labute approximate surface area is 296 Å². The van der Waals surface area contributed by atoms with Gasteiger partial charge in [-0.25, -0.2) is 9.97 Å². The highest BCUT2D eigenvalue weighted by atomic mass is 35.5. The highest BCUT2D eigenvalue weighted by molar-refractivity contribution is 6.38. The Bertz CT molecular complexity index is 1960. The maximum absolute atomic E-state index is 13.6. The Kier molecular flexibility index (Phi) is 9.44. The average Bonchev–Trinajstić information content (AvgIpc) is 3.07. The van der Waals surface area contributed by atoms with Crippen molar-refractivity contribution in [3.63, 3.8) is 0 Å². The largest absolute Gasteiger partial charge is 0.480 e. The maximum Gasteiger partial charge on any atom is 0.237 e. The molecule has 7 rings (SSSR count). The Morgan fingerprint density at radius 3 is 2.53 bits per heavy atom. The zero-order chi connectivity index (χ0) is 34.3. The molecule has 0 radical (unpaired) electrons. The molecule has 0 unspecified atom stereocenters. The maximum atomic E-state index is 13.6. The number of nitriles is 1. The number of aliphatic hydroxyl groups excluding tert-OH is 1. The number of pyridine rings is 1. The summed E-state index contributed by atoms with van der Waals surface area (Å²) in [5, 5.41) is 20.5. The molecule has 11 heteroatoms. The summed E-state index contributed by atoms with van der Waals surface area (Å²) < 4.78 is 5.65. The van der Waals surface area contributed by atoms with E-state index in [2.05, 4.69) is 22.8 Å². The van der Waals surface area contributed by atoms with Gasteiger partial charge in [-0.3, -0.25) is 19.6 Å². The van der Waals surface area contributed by atoms with Crippen LogP contribution in [0.15, 0.2) is 48.7 Å². The molecule has 3 aliphatic rings. The van der Waals surface area contributed by atoms with Gasteiger partial charge in [-0.1, -0.05) is 66.5 Å². The molecule has 0 amide bonds. The number of hydrogen-bond donors (Lipinski definition) is 1. The number of aromatic nitrogens is 3. The number of Topliss-reactive ketones (excluding diaryl/α,β-unsaturated/α-hetero) is 1. The van der Waals surface area contributed by atoms with E-state index in [-0.39, 0.29) is 29.4 Å². The van der Waals surface area contributed by atoms with Gasteiger partial charge in [-0.05, 0) is 49.4 Å². The summed E-state index contributed by atoms with van der Waals surface area (Å²) in [6.45, 7) is 7.11. The third-order valence-corrected chi connectivity index (χ3v) is 10.9. The van der Waals surface area contributed by atoms with E-state index in [1.807, 2.05) is 36.4 Å². The van der Waals surface area contributed by atoms with Crippen molar-refractivity contribution in [3.8, 4) is 34.3 Å². The second-order valence-corrected chi connectivity index (χ2v) is 14.3. The summed E-state index contributed by atoms with van der Waals surface area (Å²) in [5.41, 5.74) is 6.84. The molecule has 4 aromatic rings. The van der Waals surface area contributed by atoms with Gasteiger partial charge in [-0.2, -0.15) is 5.26 Å². The summed E-state index contributed by atoms with van der Waals surface area (Å²) in [5.74, 6) is 0.243. The fraction of sp³-hybridized carbons (Fsp3) is 0.395. The number of carbonyl (C=O) groups is 1. The third-order valence-electron chi connectivity index (χ3n) is 10.0. The quantitative estimate of drug-likeness (QED) is 0.185. The van der Waals surface area contributed by atoms with Gasteiger partial charge in [0.15, 0.2) is 5.78 Å². The Balaban J connectivity index is 1.11. The lowest BCUT2D eigenvalue weighted by Crippen LogP contribution is -2.63. The van der Waals surface area contributed by atoms with Gasteiger partial charge in [0.2, 0.25) is 5.88 Å². The van der Waals surface area contributed by atoms with E-state index < -0.39 is 0 Å². The number of methoxy groups -OCH3 is 1. The standard InChI is InChI=1S/C38H38Cl2N6O3/c1-3-11-45-12-10-26-24(17-41)13-30(43-32(26)19-45)34(48)14-23-6-4-7-27(35(23)39)28-8-5-9-29(36(28)40)31-18-42-33(37(44-31)49-2)20-46-21-38(22-46)15-25(47)16-38/h4-9,13,18,25,47H,3,10-12,14-16,19-22H2,1-2H3. The molecule has 49 heavy (non-hydrogen) atoms. The number of nitrogens with zero attached hydrogens (tertiary/aromatic N) is 6. The number of ether oxygens (including phenoxy) is 1. The van der Waals surface area contributed by atoms with Gasteiger partial charge in [0, 0.05) is 61.2 Å². The predicted octanol–water partition coefficient (Wildman–Crippen LogP) is 6.54. The van der Waals surface area contributed by atoms with Crippen LogP contribution >= 0.6 is 23.2 Å². The lowest BCUT2D eigenvalue weighted by molar-refractivity contribution is -0.131. The molecular formula is C38H38Cl2N6O3. The normalized spacial score (nSPS) is 17.2. The Morgan fingerprint density at radius 2 is 1.82 bits per heavy atom. The van der Waals surface area contributed by atoms with Crippen molar-refractivity contribution >= 4 is 29.0 Å². The number of fused-ring (bicyclic) bond motifs is 1. The zero-order valence-electron chi connectivity index (χ0n) is 27.7. The van der Waals surface area contributed by atoms with Crippen LogP contribution in [0.4, 0.5) is 0 Å². The second-order valence-electron chi connectivity index (χ2n) is 13.6. The van der Waals surface area contributed by atoms with Crippen LogP contribution in [0.1, 0.15) is 64.8 Å². The van der Waals surface area contributed by atoms with E-state index in [1.165, 1.54) is 0 Å². The first-order valence-corrected chi connectivity index (χ1v) is 17.5. The molecule has 2 fully saturated rings. The van der Waals surface area contributed by atoms with Crippen LogP contribution in [0.3, 0.4) is 0 Å². The number of carbonyl (C=O) groups excluding carboxylic acids is 1. The molecule has 1 aliphatic carbocycles. The highest BCUT2D eigenvalue weighted by Crippen LogP contribution is 2.49. The van der Waals surface area contributed by atoms with Crippen molar-refractivity contribution in [2.45, 2.75) is 58.2 Å². The van der Waals surface area contributed by atoms with Gasteiger partial charge < -0.3 is 9.84 Å². The fourth-order valence-corrected chi connectivity index (χ4v) is 8.31. The number of benzene rings is 2. The van der Waals surface area contributed by atoms with E-state index in [4.69, 9.17) is 42.9 Å². The van der Waals surface area contributed by atoms with Crippen molar-refractivity contribution in [3.05, 3.63) is 92.5 Å². The molecule has 1 spiro atoms. The molecule has 2 aromatic carbocycles. The van der Waals surface area contributed by atoms with E-state index in [0.717, 1.165) is 68.8 Å². The first-order chi connectivity index (χ1) is 23.7. The SMILES string of the molecule is CCCN1CCc2c(C#N)cc(C(=O)Cc3cccc(-c4cccc(-c5cnc(CN6CC7(CC(O)C7)C6)c(OC)n5)c4Cl)c3Cl)nc2C1. The number of halogens is 2. The van der Waals surface area contributed by atoms with Crippen molar-refractivity contribution in [1.29, 1.82) is 5.26 Å². The van der Waals surface area contributed by atoms with Gasteiger partial charge in [0.05, 0.1) is 52.5 Å². The minimum Gasteiger partial charge on any atom is -0.480 e. The van der Waals surface area contributed by atoms with Crippen LogP contribution in [-0.4, -0.2) is 75.0 Å². The first kappa shape index (κ1) is 33.6. The number of hydrogen-bond acceptors (Lipinski definition) is 9. The van der Waals surface area contributed by atoms with Crippen molar-refractivity contribution in [2.75, 3.05) is 33.3 Å². The predicted molar refractivity (Wildman–Crippen MR) is 189 cm³/mol. The molecular weight excluding hydrogens is 659 g/mol. The molecule has 252 valence electrons. The van der Waals surface area contributed by atoms with Crippen LogP contribution < -0.4 is 4.74 Å². The van der Waals surface area contributed by atoms with E-state index in [0.29, 0.717) is 62.5 Å². The molecule has 2 aromatic heterocycles. The van der Waals surface area contributed by atoms with Crippen molar-refractivity contribution in [2.24, 2.45) is 5.41 Å². The third kappa shape index (κ3) is 6.56. The molecule has 1 saturated carbocycles. The minimum atomic E-state index is -0.202. The summed E-state index contributed by atoms with van der Waals surface area (Å²) >= 11 is 14.0. The number of ketones is 1. The van der Waals surface area contributed by atoms with Crippen LogP contribution in [0.5, 0.6) is 5.88 Å². The molecule has 9 nitrogen and oxygen atoms in total. The monoisotopic (exact) mass is 696 g/mol. The number of rotatable bonds is 10. The van der Waals surface area contributed by atoms with Crippen LogP contribution in [-0.2, 0) is 25.9 Å². The topological polar surface area (TPSA) is 115 Å². The van der Waals surface area contributed by atoms with Gasteiger partial charge >= 0.3 is 0 Å². The molecule has 0 bridgehead atoms. The number of aliphatic hydroxyl groups is 1. The van der Waals surface area contributed by atoms with Crippen molar-refractivity contribution in [1.82, 2.24) is 24.8 Å². The van der Waals surface area contributed by atoms with Crippen LogP contribution in [0.2, 0.25) is 10.0 Å². The first-order valence-electron chi connectivity index (χ1n) is 16.8. The van der Waals surface area contributed by atoms with Crippen LogP contribution in [0.25, 0.3) is 22.4 Å². The van der Waals surface area contributed by atoms with E-state index >= 15 is 0 Å². The number of likely N-dealkylation sites (tertiary alicyclic amines) is 1. The Morgan fingerprint density at radius 1 is 1.08 bits per heavy atom. The fourth-order valence-electron chi connectivity index (χ4n) is 7.69. The summed E-state index contributed by atoms with van der Waals surface area (Å²) in [6.07, 6.45) is 5.10. The second kappa shape index (κ2) is 13.8. The van der Waals surface area contributed by atoms with Gasteiger partial charge in [-0.15, -0.1) is 0 Å². The van der Waals surface area contributed by atoms with Crippen molar-refractivity contribution < 1.29 is 14.6 Å². The highest BCUT2D eigenvalue weighted by Gasteiger charge is 2.51. The van der Waals surface area contributed by atoms with E-state index in [1.54, 1.807) is 19.4 Å². The molecule has 1 saturated heterocycles. The van der Waals surface area contributed by atoms with Gasteiger partial charge in [0.1, 0.15) is 11.4 Å².